The molecule has 178 valence electrons. The molecule has 2 aromatic carbocycles. The zero-order valence-corrected chi connectivity index (χ0v) is 18.2. The molecule has 1 aliphatic carbocycles. The molecule has 1 heterocycles. The summed E-state index contributed by atoms with van der Waals surface area (Å²) in [7, 11) is 0. The molecule has 34 heavy (non-hydrogen) atoms. The number of hydrogen-bond donors (Lipinski definition) is 4. The molecule has 1 aliphatic rings. The standard InChI is InChI=1S/C24H24F3N5O2/c25-19-11-18(21(26)22(27)23(19)33)24(34)30-12-14-2-6-17(7-3-14)32-13-15-4-5-16(10-20(15)31-32)29-9-1-8-28/h1,4-5,8-11,13-14,17,28-29,33H,2-3,6-7,12H2,(H,30,34)/b9-1-,28-8?. The number of aromatic hydroxyl groups is 1. The van der Waals surface area contributed by atoms with Crippen LogP contribution in [0.4, 0.5) is 18.9 Å². The van der Waals surface area contributed by atoms with Gasteiger partial charge in [-0.25, -0.2) is 8.78 Å². The fourth-order valence-electron chi connectivity index (χ4n) is 4.20. The number of aromatic nitrogens is 2. The minimum absolute atomic E-state index is 0.150. The third-order valence-electron chi connectivity index (χ3n) is 6.09. The number of nitrogens with one attached hydrogen (secondary N) is 3. The Morgan fingerprint density at radius 3 is 2.68 bits per heavy atom. The summed E-state index contributed by atoms with van der Waals surface area (Å²) in [5.74, 6) is -6.95. The first kappa shape index (κ1) is 23.3. The van der Waals surface area contributed by atoms with Gasteiger partial charge in [-0.05, 0) is 61.9 Å². The van der Waals surface area contributed by atoms with E-state index in [2.05, 4.69) is 10.6 Å². The average molecular weight is 471 g/mol. The van der Waals surface area contributed by atoms with Crippen molar-refractivity contribution >= 4 is 28.7 Å². The summed E-state index contributed by atoms with van der Waals surface area (Å²) >= 11 is 0. The quantitative estimate of drug-likeness (QED) is 0.291. The van der Waals surface area contributed by atoms with Crippen molar-refractivity contribution in [3.05, 3.63) is 65.8 Å². The maximum absolute atomic E-state index is 13.9. The third kappa shape index (κ3) is 4.90. The highest BCUT2D eigenvalue weighted by molar-refractivity contribution is 5.94. The molecule has 0 spiro atoms. The van der Waals surface area contributed by atoms with E-state index in [1.807, 2.05) is 29.1 Å². The number of carbonyl (C=O) groups excluding carboxylic acids is 1. The Morgan fingerprint density at radius 1 is 1.18 bits per heavy atom. The molecule has 0 aliphatic heterocycles. The van der Waals surface area contributed by atoms with Crippen molar-refractivity contribution < 1.29 is 23.1 Å². The number of hydrogen-bond acceptors (Lipinski definition) is 5. The van der Waals surface area contributed by atoms with Crippen LogP contribution < -0.4 is 10.6 Å². The molecule has 0 radical (unpaired) electrons. The molecule has 10 heteroatoms. The largest absolute Gasteiger partial charge is 0.503 e. The normalized spacial score (nSPS) is 18.3. The molecule has 0 bridgehead atoms. The van der Waals surface area contributed by atoms with Gasteiger partial charge in [0.15, 0.2) is 17.4 Å². The zero-order chi connectivity index (χ0) is 24.2. The second kappa shape index (κ2) is 9.98. The summed E-state index contributed by atoms with van der Waals surface area (Å²) < 4.78 is 42.9. The first-order chi connectivity index (χ1) is 16.4. The van der Waals surface area contributed by atoms with Crippen LogP contribution in [0.1, 0.15) is 42.1 Å². The lowest BCUT2D eigenvalue weighted by Crippen LogP contribution is -2.32. The van der Waals surface area contributed by atoms with Gasteiger partial charge in [-0.2, -0.15) is 9.49 Å². The number of allylic oxidation sites excluding steroid dienone is 1. The SMILES string of the molecule is N=C/C=C\Nc1ccc2cn(C3CCC(CNC(=O)c4cc(F)c(O)c(F)c4F)CC3)nc2c1. The minimum atomic E-state index is -1.78. The molecule has 1 saturated carbocycles. The maximum Gasteiger partial charge on any atom is 0.254 e. The number of carbonyl (C=O) groups is 1. The van der Waals surface area contributed by atoms with Gasteiger partial charge in [-0.15, -0.1) is 0 Å². The lowest BCUT2D eigenvalue weighted by molar-refractivity contribution is 0.0935. The lowest BCUT2D eigenvalue weighted by Gasteiger charge is -2.28. The lowest BCUT2D eigenvalue weighted by atomic mass is 9.86. The highest BCUT2D eigenvalue weighted by atomic mass is 19.2. The number of rotatable bonds is 7. The number of benzene rings is 2. The number of halogens is 3. The van der Waals surface area contributed by atoms with Gasteiger partial charge in [0.05, 0.1) is 17.1 Å². The minimum Gasteiger partial charge on any atom is -0.503 e. The van der Waals surface area contributed by atoms with Gasteiger partial charge in [0.2, 0.25) is 5.82 Å². The molecule has 0 saturated heterocycles. The Balaban J connectivity index is 1.33. The number of anilines is 1. The van der Waals surface area contributed by atoms with Crippen molar-refractivity contribution in [2.75, 3.05) is 11.9 Å². The number of fused-ring (bicyclic) bond motifs is 1. The molecule has 4 N–H and O–H groups in total. The van der Waals surface area contributed by atoms with Crippen LogP contribution in [0.3, 0.4) is 0 Å². The summed E-state index contributed by atoms with van der Waals surface area (Å²) in [6, 6.07) is 6.57. The van der Waals surface area contributed by atoms with Crippen molar-refractivity contribution in [3.63, 3.8) is 0 Å². The zero-order valence-electron chi connectivity index (χ0n) is 18.2. The predicted molar refractivity (Wildman–Crippen MR) is 123 cm³/mol. The van der Waals surface area contributed by atoms with Crippen molar-refractivity contribution in [2.24, 2.45) is 5.92 Å². The van der Waals surface area contributed by atoms with E-state index in [0.29, 0.717) is 6.07 Å². The average Bonchev–Trinajstić information content (AvgIpc) is 3.27. The van der Waals surface area contributed by atoms with E-state index in [1.54, 1.807) is 12.3 Å². The predicted octanol–water partition coefficient (Wildman–Crippen LogP) is 4.90. The van der Waals surface area contributed by atoms with Crippen molar-refractivity contribution in [1.82, 2.24) is 15.1 Å². The smallest absolute Gasteiger partial charge is 0.254 e. The third-order valence-corrected chi connectivity index (χ3v) is 6.09. The van der Waals surface area contributed by atoms with Crippen molar-refractivity contribution in [3.8, 4) is 5.75 Å². The molecular weight excluding hydrogens is 447 g/mol. The van der Waals surface area contributed by atoms with Crippen LogP contribution in [0.5, 0.6) is 5.75 Å². The van der Waals surface area contributed by atoms with Gasteiger partial charge in [0.1, 0.15) is 0 Å². The van der Waals surface area contributed by atoms with E-state index in [9.17, 15) is 18.0 Å². The molecule has 4 rings (SSSR count). The van der Waals surface area contributed by atoms with E-state index in [-0.39, 0.29) is 18.5 Å². The van der Waals surface area contributed by atoms with Gasteiger partial charge in [0.25, 0.3) is 5.91 Å². The van der Waals surface area contributed by atoms with Crippen LogP contribution in [-0.4, -0.2) is 33.6 Å². The van der Waals surface area contributed by atoms with Gasteiger partial charge in [-0.3, -0.25) is 9.48 Å². The summed E-state index contributed by atoms with van der Waals surface area (Å²) in [5, 5.41) is 27.5. The maximum atomic E-state index is 13.9. The first-order valence-corrected chi connectivity index (χ1v) is 10.9. The van der Waals surface area contributed by atoms with Gasteiger partial charge >= 0.3 is 0 Å². The summed E-state index contributed by atoms with van der Waals surface area (Å²) in [6.45, 7) is 0.258. The van der Waals surface area contributed by atoms with Crippen LogP contribution in [0.25, 0.3) is 10.9 Å². The molecule has 1 amide bonds. The Bertz CT molecular complexity index is 1250. The molecule has 0 atom stereocenters. The van der Waals surface area contributed by atoms with E-state index >= 15 is 0 Å². The van der Waals surface area contributed by atoms with Gasteiger partial charge in [0, 0.05) is 36.2 Å². The topological polar surface area (TPSA) is 103 Å². The van der Waals surface area contributed by atoms with Crippen LogP contribution in [-0.2, 0) is 0 Å². The molecular formula is C24H24F3N5O2. The van der Waals surface area contributed by atoms with E-state index in [0.717, 1.165) is 42.3 Å². The Labute approximate surface area is 193 Å². The fourth-order valence-corrected chi connectivity index (χ4v) is 4.20. The Hall–Kier alpha value is -3.82. The van der Waals surface area contributed by atoms with Crippen LogP contribution >= 0.6 is 0 Å². The molecule has 1 fully saturated rings. The second-order valence-corrected chi connectivity index (χ2v) is 8.32. The number of phenols is 1. The summed E-state index contributed by atoms with van der Waals surface area (Å²) in [4.78, 5) is 12.2. The van der Waals surface area contributed by atoms with E-state index in [4.69, 9.17) is 15.6 Å². The van der Waals surface area contributed by atoms with E-state index in [1.165, 1.54) is 6.21 Å². The second-order valence-electron chi connectivity index (χ2n) is 8.32. The highest BCUT2D eigenvalue weighted by Crippen LogP contribution is 2.33. The highest BCUT2D eigenvalue weighted by Gasteiger charge is 2.26. The van der Waals surface area contributed by atoms with Gasteiger partial charge < -0.3 is 21.1 Å². The summed E-state index contributed by atoms with van der Waals surface area (Å²) in [5.41, 5.74) is 0.963. The van der Waals surface area contributed by atoms with Crippen LogP contribution in [0.15, 0.2) is 42.7 Å². The molecule has 7 nitrogen and oxygen atoms in total. The molecule has 3 aromatic rings. The number of phenolic OH excluding ortho intramolecular Hbond substituents is 1. The van der Waals surface area contributed by atoms with Crippen molar-refractivity contribution in [1.29, 1.82) is 5.41 Å². The van der Waals surface area contributed by atoms with E-state index < -0.39 is 34.7 Å². The Morgan fingerprint density at radius 2 is 1.94 bits per heavy atom. The molecule has 0 unspecified atom stereocenters. The summed E-state index contributed by atoms with van der Waals surface area (Å²) in [6.07, 6.45) is 9.77. The molecule has 1 aromatic heterocycles. The van der Waals surface area contributed by atoms with Gasteiger partial charge in [-0.1, -0.05) is 0 Å². The van der Waals surface area contributed by atoms with Crippen LogP contribution in [0, 0.1) is 28.8 Å². The van der Waals surface area contributed by atoms with Crippen LogP contribution in [0.2, 0.25) is 0 Å². The fraction of sp³-hybridized carbons (Fsp3) is 0.292. The Kier molecular flexibility index (Phi) is 6.85. The number of nitrogens with zero attached hydrogens (tertiary/aromatic N) is 2. The first-order valence-electron chi connectivity index (χ1n) is 10.9. The monoisotopic (exact) mass is 471 g/mol. The van der Waals surface area contributed by atoms with Crippen molar-refractivity contribution in [2.45, 2.75) is 31.7 Å². The number of amides is 1.